The Balaban J connectivity index is 2.35. The number of hydrogen-bond acceptors (Lipinski definition) is 3. The van der Waals surface area contributed by atoms with Crippen molar-refractivity contribution in [3.05, 3.63) is 59.4 Å². The van der Waals surface area contributed by atoms with Gasteiger partial charge in [-0.1, -0.05) is 36.9 Å². The Morgan fingerprint density at radius 2 is 1.94 bits per heavy atom. The van der Waals surface area contributed by atoms with Crippen molar-refractivity contribution in [3.8, 4) is 0 Å². The van der Waals surface area contributed by atoms with Gasteiger partial charge in [0.2, 0.25) is 5.78 Å². The lowest BCUT2D eigenvalue weighted by molar-refractivity contribution is -0.117. The number of ketones is 1. The fourth-order valence-electron chi connectivity index (χ4n) is 2.24. The maximum absolute atomic E-state index is 12.1. The van der Waals surface area contributed by atoms with E-state index in [2.05, 4.69) is 6.58 Å². The maximum atomic E-state index is 12.1. The summed E-state index contributed by atoms with van der Waals surface area (Å²) in [7, 11) is 1.53. The van der Waals surface area contributed by atoms with E-state index >= 15 is 0 Å². The van der Waals surface area contributed by atoms with Gasteiger partial charge in [0.1, 0.15) is 0 Å². The van der Waals surface area contributed by atoms with Gasteiger partial charge < -0.3 is 9.47 Å². The Morgan fingerprint density at radius 1 is 1.28 bits per heavy atom. The maximum Gasteiger partial charge on any atom is 0.223 e. The van der Waals surface area contributed by atoms with Crippen LogP contribution in [0, 0.1) is 0 Å². The number of carbonyl (C=O) groups excluding carboxylic acids is 1. The first-order valence-corrected chi connectivity index (χ1v) is 5.77. The predicted molar refractivity (Wildman–Crippen MR) is 69.0 cm³/mol. The number of hydrogen-bond donors (Lipinski definition) is 0. The summed E-state index contributed by atoms with van der Waals surface area (Å²) in [5.74, 6) is 0.166. The molecule has 0 saturated heterocycles. The van der Waals surface area contributed by atoms with Crippen LogP contribution < -0.4 is 0 Å². The van der Waals surface area contributed by atoms with E-state index in [1.54, 1.807) is 0 Å². The molecule has 0 heterocycles. The Bertz CT molecular complexity index is 500. The zero-order valence-corrected chi connectivity index (χ0v) is 10.6. The molecule has 1 aromatic rings. The normalized spacial score (nSPS) is 19.6. The van der Waals surface area contributed by atoms with Gasteiger partial charge >= 0.3 is 0 Å². The molecule has 1 aliphatic carbocycles. The lowest BCUT2D eigenvalue weighted by Crippen LogP contribution is -2.06. The van der Waals surface area contributed by atoms with Gasteiger partial charge in [-0.3, -0.25) is 4.79 Å². The second-order valence-corrected chi connectivity index (χ2v) is 4.26. The fraction of sp³-hybridized carbons (Fsp3) is 0.267. The van der Waals surface area contributed by atoms with E-state index in [9.17, 15) is 4.79 Å². The first-order valence-electron chi connectivity index (χ1n) is 5.77. The van der Waals surface area contributed by atoms with Crippen molar-refractivity contribution in [3.63, 3.8) is 0 Å². The van der Waals surface area contributed by atoms with Crippen molar-refractivity contribution in [2.45, 2.75) is 12.8 Å². The molecule has 1 aliphatic rings. The van der Waals surface area contributed by atoms with Crippen molar-refractivity contribution >= 4 is 5.78 Å². The molecule has 0 aliphatic heterocycles. The van der Waals surface area contributed by atoms with Crippen LogP contribution in [0.5, 0.6) is 0 Å². The Morgan fingerprint density at radius 3 is 2.56 bits per heavy atom. The molecule has 0 radical (unpaired) electrons. The number of methoxy groups -OCH3 is 1. The monoisotopic (exact) mass is 244 g/mol. The van der Waals surface area contributed by atoms with Crippen LogP contribution in [0.2, 0.25) is 0 Å². The molecule has 18 heavy (non-hydrogen) atoms. The molecule has 0 fully saturated rings. The van der Waals surface area contributed by atoms with Crippen molar-refractivity contribution in [1.82, 2.24) is 0 Å². The summed E-state index contributed by atoms with van der Waals surface area (Å²) < 4.78 is 10.2. The molecule has 0 amide bonds. The van der Waals surface area contributed by atoms with Crippen molar-refractivity contribution in [2.24, 2.45) is 0 Å². The van der Waals surface area contributed by atoms with Gasteiger partial charge in [0.15, 0.2) is 12.6 Å². The highest BCUT2D eigenvalue weighted by Gasteiger charge is 2.35. The molecule has 1 unspecified atom stereocenters. The molecule has 0 N–H and O–H groups in total. The molecular weight excluding hydrogens is 228 g/mol. The van der Waals surface area contributed by atoms with Crippen LogP contribution in [0.4, 0.5) is 0 Å². The number of allylic oxidation sites excluding steroid dienone is 2. The Labute approximate surface area is 107 Å². The quantitative estimate of drug-likeness (QED) is 0.603. The molecule has 1 atom stereocenters. The van der Waals surface area contributed by atoms with Crippen LogP contribution >= 0.6 is 0 Å². The summed E-state index contributed by atoms with van der Waals surface area (Å²) in [5.41, 5.74) is 2.52. The van der Waals surface area contributed by atoms with Gasteiger partial charge in [-0.15, -0.1) is 0 Å². The van der Waals surface area contributed by atoms with E-state index < -0.39 is 0 Å². The van der Waals surface area contributed by atoms with E-state index in [4.69, 9.17) is 9.47 Å². The summed E-state index contributed by atoms with van der Waals surface area (Å²) in [4.78, 5) is 12.1. The SMILES string of the molecule is C=C1C(=O)C(OCOC)=C(C)C1c1ccccc1. The van der Waals surface area contributed by atoms with Crippen molar-refractivity contribution in [2.75, 3.05) is 13.9 Å². The van der Waals surface area contributed by atoms with E-state index in [1.165, 1.54) is 7.11 Å². The van der Waals surface area contributed by atoms with Crippen LogP contribution in [0.3, 0.4) is 0 Å². The zero-order chi connectivity index (χ0) is 13.1. The van der Waals surface area contributed by atoms with Gasteiger partial charge in [-0.25, -0.2) is 0 Å². The fourth-order valence-corrected chi connectivity index (χ4v) is 2.24. The molecule has 2 rings (SSSR count). The number of rotatable bonds is 4. The number of Topliss-reactive ketones (excluding diaryl/α,β-unsaturated/α-hetero) is 1. The number of carbonyl (C=O) groups is 1. The number of ether oxygens (including phenoxy) is 2. The second kappa shape index (κ2) is 5.19. The van der Waals surface area contributed by atoms with Crippen LogP contribution in [-0.4, -0.2) is 19.7 Å². The van der Waals surface area contributed by atoms with Gasteiger partial charge in [0.05, 0.1) is 0 Å². The summed E-state index contributed by atoms with van der Waals surface area (Å²) >= 11 is 0. The lowest BCUT2D eigenvalue weighted by atomic mass is 9.90. The summed E-state index contributed by atoms with van der Waals surface area (Å²) in [6.45, 7) is 5.87. The lowest BCUT2D eigenvalue weighted by Gasteiger charge is -2.12. The minimum Gasteiger partial charge on any atom is -0.463 e. The Hall–Kier alpha value is -1.87. The smallest absolute Gasteiger partial charge is 0.223 e. The molecule has 3 nitrogen and oxygen atoms in total. The third-order valence-corrected chi connectivity index (χ3v) is 3.09. The Kier molecular flexibility index (Phi) is 3.63. The first kappa shape index (κ1) is 12.6. The highest BCUT2D eigenvalue weighted by molar-refractivity contribution is 6.11. The van der Waals surface area contributed by atoms with Crippen molar-refractivity contribution < 1.29 is 14.3 Å². The van der Waals surface area contributed by atoms with Gasteiger partial charge in [-0.05, 0) is 18.1 Å². The van der Waals surface area contributed by atoms with Crippen LogP contribution in [0.25, 0.3) is 0 Å². The average molecular weight is 244 g/mol. The molecule has 94 valence electrons. The minimum absolute atomic E-state index is 0.0766. The minimum atomic E-state index is -0.126. The van der Waals surface area contributed by atoms with Gasteiger partial charge in [0.25, 0.3) is 0 Å². The van der Waals surface area contributed by atoms with E-state index in [1.807, 2.05) is 37.3 Å². The van der Waals surface area contributed by atoms with Crippen molar-refractivity contribution in [1.29, 1.82) is 0 Å². The number of benzene rings is 1. The van der Waals surface area contributed by atoms with Crippen LogP contribution in [-0.2, 0) is 14.3 Å². The molecule has 1 aromatic carbocycles. The topological polar surface area (TPSA) is 35.5 Å². The second-order valence-electron chi connectivity index (χ2n) is 4.26. The summed E-state index contributed by atoms with van der Waals surface area (Å²) in [5, 5.41) is 0. The van der Waals surface area contributed by atoms with Crippen LogP contribution in [0.15, 0.2) is 53.8 Å². The van der Waals surface area contributed by atoms with Gasteiger partial charge in [-0.2, -0.15) is 0 Å². The van der Waals surface area contributed by atoms with Gasteiger partial charge in [0, 0.05) is 18.6 Å². The highest BCUT2D eigenvalue weighted by Crippen LogP contribution is 2.40. The largest absolute Gasteiger partial charge is 0.463 e. The van der Waals surface area contributed by atoms with E-state index in [0.717, 1.165) is 11.1 Å². The molecule has 0 bridgehead atoms. The highest BCUT2D eigenvalue weighted by atomic mass is 16.7. The molecular formula is C15H16O3. The molecule has 0 spiro atoms. The summed E-state index contributed by atoms with van der Waals surface area (Å²) in [6.07, 6.45) is 0. The van der Waals surface area contributed by atoms with Crippen LogP contribution in [0.1, 0.15) is 18.4 Å². The molecule has 0 aromatic heterocycles. The first-order chi connectivity index (χ1) is 8.66. The van der Waals surface area contributed by atoms with E-state index in [-0.39, 0.29) is 18.5 Å². The third kappa shape index (κ3) is 2.09. The predicted octanol–water partition coefficient (Wildman–Crippen LogP) is 2.80. The van der Waals surface area contributed by atoms with E-state index in [0.29, 0.717) is 11.3 Å². The third-order valence-electron chi connectivity index (χ3n) is 3.09. The summed E-state index contributed by atoms with van der Waals surface area (Å²) in [6, 6.07) is 9.84. The zero-order valence-electron chi connectivity index (χ0n) is 10.6. The molecule has 0 saturated carbocycles. The standard InChI is InChI=1S/C15H16O3/c1-10-13(12-7-5-4-6-8-12)11(2)15(14(10)16)18-9-17-3/h4-8,13H,1,9H2,2-3H3. The molecule has 3 heteroatoms. The average Bonchev–Trinajstić information content (AvgIpc) is 2.60.